The smallest absolute Gasteiger partial charge is 0.288 e. The van der Waals surface area contributed by atoms with Crippen LogP contribution in [0.3, 0.4) is 0 Å². The van der Waals surface area contributed by atoms with E-state index in [1.165, 1.54) is 0 Å². The Kier molecular flexibility index (Phi) is 4.98. The lowest BCUT2D eigenvalue weighted by atomic mass is 9.92. The Morgan fingerprint density at radius 1 is 1.00 bits per heavy atom. The third-order valence-corrected chi connectivity index (χ3v) is 6.81. The van der Waals surface area contributed by atoms with Gasteiger partial charge in [-0.25, -0.2) is 9.67 Å². The van der Waals surface area contributed by atoms with Gasteiger partial charge in [0, 0.05) is 16.7 Å². The van der Waals surface area contributed by atoms with Crippen LogP contribution in [-0.2, 0) is 0 Å². The SMILES string of the molecule is Cc1nn(-c2ccc(Cl)cc2)c2c1C(c1ccc(Cl)c([N+](=O)[O-])c1)N1C(=N2)C=Cc2ccccc21. The summed E-state index contributed by atoms with van der Waals surface area (Å²) < 4.78 is 1.79. The molecule has 1 unspecified atom stereocenters. The van der Waals surface area contributed by atoms with Crippen molar-refractivity contribution < 1.29 is 4.92 Å². The highest BCUT2D eigenvalue weighted by Gasteiger charge is 2.38. The maximum Gasteiger partial charge on any atom is 0.288 e. The largest absolute Gasteiger partial charge is 0.314 e. The third-order valence-electron chi connectivity index (χ3n) is 6.24. The Hall–Kier alpha value is -3.94. The maximum absolute atomic E-state index is 11.7. The van der Waals surface area contributed by atoms with Crippen molar-refractivity contribution in [3.05, 3.63) is 115 Å². The predicted molar refractivity (Wildman–Crippen MR) is 138 cm³/mol. The molecule has 0 aliphatic carbocycles. The third kappa shape index (κ3) is 3.43. The second-order valence-electron chi connectivity index (χ2n) is 8.31. The average molecular weight is 502 g/mol. The number of hydrogen-bond donors (Lipinski definition) is 0. The number of benzene rings is 3. The van der Waals surface area contributed by atoms with Crippen LogP contribution in [0.1, 0.15) is 28.4 Å². The number of aromatic nitrogens is 2. The molecule has 1 aromatic heterocycles. The number of fused-ring (bicyclic) bond motifs is 4. The van der Waals surface area contributed by atoms with Gasteiger partial charge in [-0.15, -0.1) is 0 Å². The van der Waals surface area contributed by atoms with Gasteiger partial charge in [0.2, 0.25) is 0 Å². The molecule has 7 nitrogen and oxygen atoms in total. The molecule has 3 heterocycles. The van der Waals surface area contributed by atoms with E-state index in [4.69, 9.17) is 33.3 Å². The molecule has 3 aromatic carbocycles. The van der Waals surface area contributed by atoms with Crippen molar-refractivity contribution in [2.24, 2.45) is 4.99 Å². The van der Waals surface area contributed by atoms with E-state index in [1.54, 1.807) is 28.9 Å². The standard InChI is InChI=1S/C26H17Cl2N5O2/c1-15-24-25(17-6-12-20(28)22(14-17)33(34)35)31-21-5-3-2-4-16(21)7-13-23(31)29-26(24)32(30-15)19-10-8-18(27)9-11-19/h2-14,25H,1H3. The molecular formula is C26H17Cl2N5O2. The Morgan fingerprint density at radius 3 is 2.54 bits per heavy atom. The van der Waals surface area contributed by atoms with Crippen molar-refractivity contribution in [1.29, 1.82) is 0 Å². The van der Waals surface area contributed by atoms with Crippen molar-refractivity contribution >= 4 is 52.3 Å². The van der Waals surface area contributed by atoms with Gasteiger partial charge in [0.1, 0.15) is 10.9 Å². The molecule has 6 rings (SSSR count). The van der Waals surface area contributed by atoms with Gasteiger partial charge >= 0.3 is 0 Å². The van der Waals surface area contributed by atoms with Crippen LogP contribution in [0.25, 0.3) is 11.8 Å². The second kappa shape index (κ2) is 8.08. The summed E-state index contributed by atoms with van der Waals surface area (Å²) >= 11 is 12.3. The number of nitrogens with zero attached hydrogens (tertiary/aromatic N) is 5. The van der Waals surface area contributed by atoms with E-state index in [9.17, 15) is 10.1 Å². The molecule has 0 radical (unpaired) electrons. The Labute approximate surface area is 210 Å². The fraction of sp³-hybridized carbons (Fsp3) is 0.0769. The number of aliphatic imine (C=N–C) groups is 1. The zero-order chi connectivity index (χ0) is 24.3. The van der Waals surface area contributed by atoms with E-state index in [0.29, 0.717) is 16.7 Å². The highest BCUT2D eigenvalue weighted by Crippen LogP contribution is 2.47. The molecule has 9 heteroatoms. The first-order valence-corrected chi connectivity index (χ1v) is 11.6. The van der Waals surface area contributed by atoms with Crippen molar-refractivity contribution in [1.82, 2.24) is 9.78 Å². The monoisotopic (exact) mass is 501 g/mol. The molecule has 0 N–H and O–H groups in total. The summed E-state index contributed by atoms with van der Waals surface area (Å²) in [4.78, 5) is 18.4. The maximum atomic E-state index is 11.7. The molecule has 0 spiro atoms. The number of nitro benzene ring substituents is 1. The number of halogens is 2. The molecule has 0 saturated heterocycles. The van der Waals surface area contributed by atoms with E-state index >= 15 is 0 Å². The Morgan fingerprint density at radius 2 is 1.77 bits per heavy atom. The van der Waals surface area contributed by atoms with Gasteiger partial charge < -0.3 is 4.90 Å². The zero-order valence-electron chi connectivity index (χ0n) is 18.4. The molecule has 0 saturated carbocycles. The first-order chi connectivity index (χ1) is 16.9. The Balaban J connectivity index is 1.64. The van der Waals surface area contributed by atoms with E-state index in [2.05, 4.69) is 4.90 Å². The van der Waals surface area contributed by atoms with Crippen molar-refractivity contribution in [2.45, 2.75) is 13.0 Å². The molecule has 0 bridgehead atoms. The quantitative estimate of drug-likeness (QED) is 0.222. The molecule has 2 aliphatic heterocycles. The zero-order valence-corrected chi connectivity index (χ0v) is 19.9. The van der Waals surface area contributed by atoms with Crippen LogP contribution < -0.4 is 4.90 Å². The van der Waals surface area contributed by atoms with E-state index in [-0.39, 0.29) is 10.7 Å². The number of aryl methyl sites for hydroxylation is 1. The fourth-order valence-electron chi connectivity index (χ4n) is 4.69. The predicted octanol–water partition coefficient (Wildman–Crippen LogP) is 7.06. The number of hydrogen-bond acceptors (Lipinski definition) is 5. The topological polar surface area (TPSA) is 76.6 Å². The molecule has 172 valence electrons. The molecule has 0 fully saturated rings. The van der Waals surface area contributed by atoms with Gasteiger partial charge in [-0.05, 0) is 66.6 Å². The van der Waals surface area contributed by atoms with Gasteiger partial charge in [0.25, 0.3) is 5.69 Å². The minimum Gasteiger partial charge on any atom is -0.314 e. The summed E-state index contributed by atoms with van der Waals surface area (Å²) in [6.07, 6.45) is 3.98. The lowest BCUT2D eigenvalue weighted by Gasteiger charge is -2.39. The molecule has 4 aromatic rings. The second-order valence-corrected chi connectivity index (χ2v) is 9.16. The molecule has 2 aliphatic rings. The van der Waals surface area contributed by atoms with Crippen LogP contribution in [0.5, 0.6) is 0 Å². The van der Waals surface area contributed by atoms with Gasteiger partial charge in [-0.3, -0.25) is 10.1 Å². The van der Waals surface area contributed by atoms with Crippen LogP contribution in [0, 0.1) is 17.0 Å². The first kappa shape index (κ1) is 21.6. The van der Waals surface area contributed by atoms with Gasteiger partial charge in [-0.2, -0.15) is 5.10 Å². The molecule has 1 atom stereocenters. The van der Waals surface area contributed by atoms with Gasteiger partial charge in [0.05, 0.1) is 28.0 Å². The number of amidine groups is 1. The highest BCUT2D eigenvalue weighted by atomic mass is 35.5. The van der Waals surface area contributed by atoms with Crippen molar-refractivity contribution in [3.8, 4) is 5.69 Å². The lowest BCUT2D eigenvalue weighted by molar-refractivity contribution is -0.384. The number of nitro groups is 1. The summed E-state index contributed by atoms with van der Waals surface area (Å²) in [7, 11) is 0. The summed E-state index contributed by atoms with van der Waals surface area (Å²) in [5.41, 5.74) is 5.03. The summed E-state index contributed by atoms with van der Waals surface area (Å²) in [6.45, 7) is 1.93. The van der Waals surface area contributed by atoms with Crippen molar-refractivity contribution in [2.75, 3.05) is 4.90 Å². The van der Waals surface area contributed by atoms with Crippen LogP contribution in [0.2, 0.25) is 10.0 Å². The lowest BCUT2D eigenvalue weighted by Crippen LogP contribution is -2.38. The van der Waals surface area contributed by atoms with Crippen LogP contribution in [0.4, 0.5) is 17.2 Å². The van der Waals surface area contributed by atoms with Crippen LogP contribution in [0.15, 0.2) is 77.8 Å². The van der Waals surface area contributed by atoms with Gasteiger partial charge in [0.15, 0.2) is 5.82 Å². The summed E-state index contributed by atoms with van der Waals surface area (Å²) in [5.74, 6) is 1.39. The number of para-hydroxylation sites is 1. The Bertz CT molecular complexity index is 1570. The average Bonchev–Trinajstić information content (AvgIpc) is 3.19. The van der Waals surface area contributed by atoms with Crippen LogP contribution >= 0.6 is 23.2 Å². The van der Waals surface area contributed by atoms with Crippen LogP contribution in [-0.4, -0.2) is 20.5 Å². The first-order valence-electron chi connectivity index (χ1n) is 10.9. The molecule has 35 heavy (non-hydrogen) atoms. The van der Waals surface area contributed by atoms with Gasteiger partial charge in [-0.1, -0.05) is 47.5 Å². The fourth-order valence-corrected chi connectivity index (χ4v) is 5.00. The summed E-state index contributed by atoms with van der Waals surface area (Å²) in [6, 6.07) is 19.9. The minimum absolute atomic E-state index is 0.0937. The van der Waals surface area contributed by atoms with Crippen molar-refractivity contribution in [3.63, 3.8) is 0 Å². The number of anilines is 1. The van der Waals surface area contributed by atoms with E-state index in [1.807, 2.05) is 61.5 Å². The minimum atomic E-state index is -0.460. The highest BCUT2D eigenvalue weighted by molar-refractivity contribution is 6.32. The normalized spacial score (nSPS) is 15.8. The molecule has 0 amide bonds. The summed E-state index contributed by atoms with van der Waals surface area (Å²) in [5, 5.41) is 17.2. The van der Waals surface area contributed by atoms with E-state index in [0.717, 1.165) is 33.8 Å². The number of rotatable bonds is 3. The van der Waals surface area contributed by atoms with E-state index < -0.39 is 11.0 Å². The molecular weight excluding hydrogens is 485 g/mol.